The topological polar surface area (TPSA) is 96.3 Å². The molecule has 4 aliphatic carbocycles. The van der Waals surface area contributed by atoms with Crippen LogP contribution >= 0.6 is 0 Å². The van der Waals surface area contributed by atoms with E-state index >= 15 is 0 Å². The summed E-state index contributed by atoms with van der Waals surface area (Å²) >= 11 is 0. The number of ether oxygens (including phenoxy) is 2. The van der Waals surface area contributed by atoms with Crippen LogP contribution in [0.25, 0.3) is 0 Å². The van der Waals surface area contributed by atoms with Crippen LogP contribution in [0.2, 0.25) is 0 Å². The van der Waals surface area contributed by atoms with Crippen LogP contribution in [0.5, 0.6) is 11.5 Å². The van der Waals surface area contributed by atoms with E-state index in [1.807, 2.05) is 12.1 Å². The van der Waals surface area contributed by atoms with Gasteiger partial charge in [-0.3, -0.25) is 9.00 Å². The molecule has 0 spiro atoms. The van der Waals surface area contributed by atoms with Crippen LogP contribution in [0.4, 0.5) is 0 Å². The molecule has 8 heteroatoms. The molecule has 1 amide bonds. The lowest BCUT2D eigenvalue weighted by Gasteiger charge is -2.45. The van der Waals surface area contributed by atoms with E-state index in [2.05, 4.69) is 26.0 Å². The first-order chi connectivity index (χ1) is 17.6. The van der Waals surface area contributed by atoms with Crippen molar-refractivity contribution in [1.82, 2.24) is 4.90 Å². The minimum Gasteiger partial charge on any atom is -0.493 e. The zero-order valence-electron chi connectivity index (χ0n) is 22.0. The number of rotatable bonds is 5. The molecule has 200 valence electrons. The van der Waals surface area contributed by atoms with E-state index in [9.17, 15) is 19.2 Å². The summed E-state index contributed by atoms with van der Waals surface area (Å²) in [6, 6.07) is 3.72. The second-order valence-corrected chi connectivity index (χ2v) is 14.5. The van der Waals surface area contributed by atoms with Crippen molar-refractivity contribution >= 4 is 16.7 Å². The highest BCUT2D eigenvalue weighted by molar-refractivity contribution is 7.87. The van der Waals surface area contributed by atoms with Crippen molar-refractivity contribution in [2.24, 2.45) is 34.5 Å². The molecule has 0 unspecified atom stereocenters. The Labute approximate surface area is 220 Å². The van der Waals surface area contributed by atoms with Crippen molar-refractivity contribution in [3.63, 3.8) is 0 Å². The van der Waals surface area contributed by atoms with Crippen molar-refractivity contribution in [3.8, 4) is 11.5 Å². The van der Waals surface area contributed by atoms with Gasteiger partial charge in [0, 0.05) is 45.9 Å². The van der Waals surface area contributed by atoms with Crippen LogP contribution in [0.3, 0.4) is 0 Å². The van der Waals surface area contributed by atoms with Gasteiger partial charge in [-0.2, -0.15) is 0 Å². The number of carbonyl (C=O) groups excluding carboxylic acids is 1. The summed E-state index contributed by atoms with van der Waals surface area (Å²) in [5, 5.41) is 23.9. The number of benzene rings is 1. The molecule has 0 aromatic heterocycles. The van der Waals surface area contributed by atoms with Crippen molar-refractivity contribution < 1.29 is 28.7 Å². The summed E-state index contributed by atoms with van der Waals surface area (Å²) in [7, 11) is 1.59. The van der Waals surface area contributed by atoms with Crippen LogP contribution in [0.1, 0.15) is 50.7 Å². The lowest BCUT2D eigenvalue weighted by atomic mass is 9.70. The third kappa shape index (κ3) is 2.52. The minimum atomic E-state index is -1.57. The van der Waals surface area contributed by atoms with Gasteiger partial charge >= 0.3 is 0 Å². The number of aliphatic hydroxyl groups is 2. The normalized spacial score (nSPS) is 44.6. The van der Waals surface area contributed by atoms with Crippen LogP contribution in [-0.4, -0.2) is 62.6 Å². The molecule has 1 aromatic carbocycles. The number of allylic oxidation sites excluding steroid dienone is 2. The number of aliphatic hydroxyl groups excluding tert-OH is 1. The van der Waals surface area contributed by atoms with Gasteiger partial charge in [0.2, 0.25) is 5.91 Å². The number of methoxy groups -OCH3 is 2. The smallest absolute Gasteiger partial charge is 0.245 e. The van der Waals surface area contributed by atoms with Gasteiger partial charge in [0.25, 0.3) is 0 Å². The lowest BCUT2D eigenvalue weighted by Crippen LogP contribution is -2.55. The second kappa shape index (κ2) is 7.39. The SMILES string of the molecule is COc1cc2c(cc1OC)[C@@]1(O)[C@@H]3[C@@H]4C=C[C@@H](C4)[C@]3([S@](=O)C[C@]34CC[C@H](C[C@H]3O)C4(C)C)C(=O)N1CC2. The summed E-state index contributed by atoms with van der Waals surface area (Å²) in [5.74, 6) is 0.899. The summed E-state index contributed by atoms with van der Waals surface area (Å²) in [6.07, 6.45) is 7.60. The molecule has 9 atom stereocenters. The highest BCUT2D eigenvalue weighted by Crippen LogP contribution is 2.70. The summed E-state index contributed by atoms with van der Waals surface area (Å²) in [5.41, 5.74) is -0.571. The molecule has 0 radical (unpaired) electrons. The lowest BCUT2D eigenvalue weighted by molar-refractivity contribution is -0.159. The quantitative estimate of drug-likeness (QED) is 0.572. The zero-order chi connectivity index (χ0) is 26.1. The fraction of sp³-hybridized carbons (Fsp3) is 0.690. The first kappa shape index (κ1) is 24.2. The maximum atomic E-state index is 14.8. The van der Waals surface area contributed by atoms with E-state index in [1.54, 1.807) is 19.1 Å². The van der Waals surface area contributed by atoms with Gasteiger partial charge in [-0.1, -0.05) is 26.0 Å². The summed E-state index contributed by atoms with van der Waals surface area (Å²) < 4.78 is 24.7. The molecule has 2 N–H and O–H groups in total. The van der Waals surface area contributed by atoms with Crippen molar-refractivity contribution in [2.75, 3.05) is 26.5 Å². The molecule has 2 aliphatic heterocycles. The molecular weight excluding hydrogens is 490 g/mol. The predicted octanol–water partition coefficient (Wildman–Crippen LogP) is 2.74. The van der Waals surface area contributed by atoms with Crippen LogP contribution in [-0.2, 0) is 27.7 Å². The monoisotopic (exact) mass is 527 g/mol. The maximum Gasteiger partial charge on any atom is 0.245 e. The second-order valence-electron chi connectivity index (χ2n) is 12.8. The van der Waals surface area contributed by atoms with E-state index in [4.69, 9.17) is 9.47 Å². The Balaban J connectivity index is 1.37. The molecule has 6 aliphatic rings. The number of amides is 1. The number of fused-ring (bicyclic) bond motifs is 11. The molecule has 7 nitrogen and oxygen atoms in total. The van der Waals surface area contributed by atoms with E-state index in [0.717, 1.165) is 31.2 Å². The Kier molecular flexibility index (Phi) is 4.83. The van der Waals surface area contributed by atoms with Crippen LogP contribution < -0.4 is 9.47 Å². The largest absolute Gasteiger partial charge is 0.493 e. The van der Waals surface area contributed by atoms with E-state index < -0.39 is 38.7 Å². The molecule has 37 heavy (non-hydrogen) atoms. The van der Waals surface area contributed by atoms with Crippen molar-refractivity contribution in [3.05, 3.63) is 35.4 Å². The molecule has 4 bridgehead atoms. The average molecular weight is 528 g/mol. The van der Waals surface area contributed by atoms with E-state index in [-0.39, 0.29) is 23.2 Å². The fourth-order valence-electron chi connectivity index (χ4n) is 9.69. The van der Waals surface area contributed by atoms with Crippen LogP contribution in [0, 0.1) is 34.5 Å². The molecule has 3 saturated carbocycles. The van der Waals surface area contributed by atoms with Gasteiger partial charge in [0.05, 0.1) is 20.3 Å². The highest BCUT2D eigenvalue weighted by Gasteiger charge is 2.79. The first-order valence-electron chi connectivity index (χ1n) is 13.6. The Hall–Kier alpha value is -1.90. The van der Waals surface area contributed by atoms with Gasteiger partial charge in [0.1, 0.15) is 4.75 Å². The molecule has 1 saturated heterocycles. The number of carbonyl (C=O) groups is 1. The summed E-state index contributed by atoms with van der Waals surface area (Å²) in [4.78, 5) is 16.1. The average Bonchev–Trinajstić information content (AvgIpc) is 3.62. The Morgan fingerprint density at radius 3 is 2.51 bits per heavy atom. The van der Waals surface area contributed by atoms with Gasteiger partial charge in [-0.25, -0.2) is 0 Å². The van der Waals surface area contributed by atoms with Gasteiger partial charge < -0.3 is 24.6 Å². The van der Waals surface area contributed by atoms with E-state index in [1.165, 1.54) is 0 Å². The third-order valence-corrected chi connectivity index (χ3v) is 14.0. The predicted molar refractivity (Wildman–Crippen MR) is 138 cm³/mol. The standard InChI is InChI=1S/C29H37NO6S/c1-26(2)18-7-9-27(26,23(31)13-18)15-37(34)28-19-6-5-17(11-19)24(28)29(33)20-14-22(36-4)21(35-3)12-16(20)8-10-30(29)25(28)32/h5-6,12,14,17-19,23-24,31,33H,7-11,13,15H2,1-4H3/t17-,18-,19+,23-,24-,27-,28-,29-,37-/m1/s1. The first-order valence-corrected chi connectivity index (χ1v) is 14.9. The Morgan fingerprint density at radius 2 is 1.86 bits per heavy atom. The van der Waals surface area contributed by atoms with Crippen molar-refractivity contribution in [2.45, 2.75) is 62.5 Å². The number of nitrogens with zero attached hydrogens (tertiary/aromatic N) is 1. The number of hydrogen-bond acceptors (Lipinski definition) is 6. The Bertz CT molecular complexity index is 1260. The van der Waals surface area contributed by atoms with Crippen LogP contribution in [0.15, 0.2) is 24.3 Å². The number of hydrogen-bond donors (Lipinski definition) is 2. The minimum absolute atomic E-state index is 0.0396. The van der Waals surface area contributed by atoms with Crippen molar-refractivity contribution in [1.29, 1.82) is 0 Å². The highest BCUT2D eigenvalue weighted by atomic mass is 32.2. The molecule has 1 aromatic rings. The summed E-state index contributed by atoms with van der Waals surface area (Å²) in [6.45, 7) is 4.78. The fourth-order valence-corrected chi connectivity index (χ4v) is 12.5. The molecule has 7 rings (SSSR count). The zero-order valence-corrected chi connectivity index (χ0v) is 22.8. The molecule has 2 heterocycles. The van der Waals surface area contributed by atoms with Gasteiger partial charge in [-0.15, -0.1) is 0 Å². The van der Waals surface area contributed by atoms with Gasteiger partial charge in [-0.05, 0) is 67.1 Å². The third-order valence-electron chi connectivity index (χ3n) is 11.7. The van der Waals surface area contributed by atoms with Gasteiger partial charge in [0.15, 0.2) is 17.2 Å². The Morgan fingerprint density at radius 1 is 1.14 bits per heavy atom. The molecular formula is C29H37NO6S. The maximum absolute atomic E-state index is 14.8. The van der Waals surface area contributed by atoms with E-state index in [0.29, 0.717) is 41.7 Å². The molecule has 4 fully saturated rings.